The Hall–Kier alpha value is -3.01. The van der Waals surface area contributed by atoms with Crippen molar-refractivity contribution in [2.75, 3.05) is 5.73 Å². The van der Waals surface area contributed by atoms with Gasteiger partial charge in [0.2, 0.25) is 0 Å². The molecule has 4 heteroatoms. The molecule has 0 aliphatic heterocycles. The van der Waals surface area contributed by atoms with Crippen LogP contribution >= 0.6 is 0 Å². The van der Waals surface area contributed by atoms with E-state index in [1.165, 1.54) is 6.07 Å². The first-order chi connectivity index (χ1) is 11.5. The number of aryl methyl sites for hydroxylation is 2. The molecular formula is C20H20N2O2. The second-order valence-electron chi connectivity index (χ2n) is 5.90. The summed E-state index contributed by atoms with van der Waals surface area (Å²) in [6.45, 7) is 4.42. The van der Waals surface area contributed by atoms with Gasteiger partial charge in [-0.05, 0) is 48.7 Å². The van der Waals surface area contributed by atoms with Gasteiger partial charge in [-0.15, -0.1) is 0 Å². The molecule has 1 aromatic heterocycles. The number of anilines is 1. The van der Waals surface area contributed by atoms with Gasteiger partial charge in [0, 0.05) is 11.8 Å². The average Bonchev–Trinajstić information content (AvgIpc) is 2.55. The van der Waals surface area contributed by atoms with Crippen molar-refractivity contribution in [1.82, 2.24) is 4.57 Å². The quantitative estimate of drug-likeness (QED) is 0.742. The second kappa shape index (κ2) is 6.62. The summed E-state index contributed by atoms with van der Waals surface area (Å²) < 4.78 is 7.66. The van der Waals surface area contributed by atoms with Crippen LogP contribution < -0.4 is 16.0 Å². The van der Waals surface area contributed by atoms with Crippen molar-refractivity contribution in [2.24, 2.45) is 0 Å². The van der Waals surface area contributed by atoms with E-state index in [4.69, 9.17) is 10.5 Å². The van der Waals surface area contributed by atoms with Crippen LogP contribution in [-0.4, -0.2) is 4.57 Å². The zero-order chi connectivity index (χ0) is 17.1. The van der Waals surface area contributed by atoms with Crippen molar-refractivity contribution >= 4 is 5.69 Å². The van der Waals surface area contributed by atoms with E-state index in [9.17, 15) is 4.79 Å². The lowest BCUT2D eigenvalue weighted by Gasteiger charge is -2.14. The van der Waals surface area contributed by atoms with Gasteiger partial charge in [0.1, 0.15) is 11.5 Å². The van der Waals surface area contributed by atoms with Crippen LogP contribution in [0.4, 0.5) is 5.69 Å². The van der Waals surface area contributed by atoms with E-state index in [-0.39, 0.29) is 5.56 Å². The lowest BCUT2D eigenvalue weighted by atomic mass is 10.1. The molecule has 0 fully saturated rings. The van der Waals surface area contributed by atoms with Crippen LogP contribution in [0.5, 0.6) is 11.5 Å². The van der Waals surface area contributed by atoms with Gasteiger partial charge in [0.05, 0.1) is 12.7 Å². The Morgan fingerprint density at radius 1 is 1.00 bits per heavy atom. The summed E-state index contributed by atoms with van der Waals surface area (Å²) >= 11 is 0. The fraction of sp³-hybridized carbons (Fsp3) is 0.150. The number of rotatable bonds is 4. The lowest BCUT2D eigenvalue weighted by Crippen LogP contribution is -2.18. The monoisotopic (exact) mass is 320 g/mol. The fourth-order valence-corrected chi connectivity index (χ4v) is 2.74. The highest BCUT2D eigenvalue weighted by Gasteiger charge is 2.08. The first-order valence-corrected chi connectivity index (χ1v) is 7.82. The molecule has 0 amide bonds. The molecule has 0 saturated carbocycles. The zero-order valence-electron chi connectivity index (χ0n) is 13.8. The third-order valence-corrected chi connectivity index (χ3v) is 3.85. The second-order valence-corrected chi connectivity index (χ2v) is 5.90. The summed E-state index contributed by atoms with van der Waals surface area (Å²) in [4.78, 5) is 12.1. The van der Waals surface area contributed by atoms with Crippen molar-refractivity contribution < 1.29 is 4.74 Å². The van der Waals surface area contributed by atoms with Gasteiger partial charge >= 0.3 is 0 Å². The molecule has 0 atom stereocenters. The van der Waals surface area contributed by atoms with Gasteiger partial charge in [0.25, 0.3) is 5.56 Å². The van der Waals surface area contributed by atoms with Crippen molar-refractivity contribution in [3.05, 3.63) is 87.8 Å². The topological polar surface area (TPSA) is 57.2 Å². The Balaban J connectivity index is 1.91. The Morgan fingerprint density at radius 3 is 2.33 bits per heavy atom. The number of benzene rings is 2. The molecule has 122 valence electrons. The van der Waals surface area contributed by atoms with Crippen molar-refractivity contribution in [1.29, 1.82) is 0 Å². The van der Waals surface area contributed by atoms with Crippen molar-refractivity contribution in [3.8, 4) is 11.5 Å². The zero-order valence-corrected chi connectivity index (χ0v) is 13.8. The number of hydrogen-bond acceptors (Lipinski definition) is 3. The average molecular weight is 320 g/mol. The summed E-state index contributed by atoms with van der Waals surface area (Å²) in [6, 6.07) is 16.8. The molecule has 0 spiro atoms. The highest BCUT2D eigenvalue weighted by Crippen LogP contribution is 2.30. The number of aromatic nitrogens is 1. The van der Waals surface area contributed by atoms with Gasteiger partial charge in [-0.2, -0.15) is 0 Å². The normalized spacial score (nSPS) is 10.6. The SMILES string of the molecule is Cc1cc(N)cc(C)c1Oc1ccc(=O)n(Cc2ccccc2)c1. The predicted octanol–water partition coefficient (Wildman–Crippen LogP) is 3.89. The molecule has 0 bridgehead atoms. The van der Waals surface area contributed by atoms with E-state index in [0.717, 1.165) is 22.4 Å². The van der Waals surface area contributed by atoms with E-state index in [2.05, 4.69) is 0 Å². The van der Waals surface area contributed by atoms with Crippen LogP contribution in [0.1, 0.15) is 16.7 Å². The number of hydrogen-bond donors (Lipinski definition) is 1. The molecule has 0 aliphatic carbocycles. The molecule has 4 nitrogen and oxygen atoms in total. The van der Waals surface area contributed by atoms with Crippen molar-refractivity contribution in [2.45, 2.75) is 20.4 Å². The number of ether oxygens (including phenoxy) is 1. The van der Waals surface area contributed by atoms with Gasteiger partial charge in [-0.3, -0.25) is 4.79 Å². The van der Waals surface area contributed by atoms with Gasteiger partial charge in [0.15, 0.2) is 0 Å². The third-order valence-electron chi connectivity index (χ3n) is 3.85. The predicted molar refractivity (Wildman–Crippen MR) is 96.6 cm³/mol. The van der Waals surface area contributed by atoms with Crippen LogP contribution in [-0.2, 0) is 6.54 Å². The Bertz CT molecular complexity index is 891. The molecular weight excluding hydrogens is 300 g/mol. The summed E-state index contributed by atoms with van der Waals surface area (Å²) in [5.41, 5.74) is 9.50. The minimum absolute atomic E-state index is 0.0584. The standard InChI is InChI=1S/C20H20N2O2/c1-14-10-17(21)11-15(2)20(14)24-18-8-9-19(23)22(13-18)12-16-6-4-3-5-7-16/h3-11,13H,12,21H2,1-2H3. The van der Waals surface area contributed by atoms with Crippen LogP contribution in [0.25, 0.3) is 0 Å². The molecule has 3 rings (SSSR count). The highest BCUT2D eigenvalue weighted by molar-refractivity contribution is 5.53. The third kappa shape index (κ3) is 3.49. The molecule has 0 aliphatic rings. The molecule has 2 N–H and O–H groups in total. The minimum Gasteiger partial charge on any atom is -0.455 e. The Kier molecular flexibility index (Phi) is 4.38. The smallest absolute Gasteiger partial charge is 0.251 e. The summed E-state index contributed by atoms with van der Waals surface area (Å²) in [5, 5.41) is 0. The minimum atomic E-state index is -0.0584. The number of nitrogens with zero attached hydrogens (tertiary/aromatic N) is 1. The van der Waals surface area contributed by atoms with E-state index in [1.807, 2.05) is 56.3 Å². The number of nitrogen functional groups attached to an aromatic ring is 1. The maximum Gasteiger partial charge on any atom is 0.251 e. The molecule has 24 heavy (non-hydrogen) atoms. The lowest BCUT2D eigenvalue weighted by molar-refractivity contribution is 0.467. The first kappa shape index (κ1) is 15.9. The van der Waals surface area contributed by atoms with Gasteiger partial charge in [-0.25, -0.2) is 0 Å². The summed E-state index contributed by atoms with van der Waals surface area (Å²) in [5.74, 6) is 1.40. The van der Waals surface area contributed by atoms with E-state index in [1.54, 1.807) is 16.8 Å². The number of nitrogens with two attached hydrogens (primary N) is 1. The fourth-order valence-electron chi connectivity index (χ4n) is 2.74. The number of pyridine rings is 1. The summed E-state index contributed by atoms with van der Waals surface area (Å²) in [6.07, 6.45) is 1.74. The highest BCUT2D eigenvalue weighted by atomic mass is 16.5. The van der Waals surface area contributed by atoms with Crippen molar-refractivity contribution in [3.63, 3.8) is 0 Å². The first-order valence-electron chi connectivity index (χ1n) is 7.82. The van der Waals surface area contributed by atoms with Gasteiger partial charge in [-0.1, -0.05) is 30.3 Å². The Morgan fingerprint density at radius 2 is 1.67 bits per heavy atom. The maximum absolute atomic E-state index is 12.1. The van der Waals surface area contributed by atoms with Gasteiger partial charge < -0.3 is 15.0 Å². The summed E-state index contributed by atoms with van der Waals surface area (Å²) in [7, 11) is 0. The largest absolute Gasteiger partial charge is 0.455 e. The van der Waals surface area contributed by atoms with E-state index >= 15 is 0 Å². The van der Waals surface area contributed by atoms with E-state index < -0.39 is 0 Å². The van der Waals surface area contributed by atoms with Crippen LogP contribution in [0.15, 0.2) is 65.6 Å². The molecule has 1 heterocycles. The van der Waals surface area contributed by atoms with Crippen LogP contribution in [0.2, 0.25) is 0 Å². The molecule has 0 saturated heterocycles. The van der Waals surface area contributed by atoms with Crippen LogP contribution in [0.3, 0.4) is 0 Å². The molecule has 3 aromatic rings. The van der Waals surface area contributed by atoms with E-state index in [0.29, 0.717) is 18.0 Å². The van der Waals surface area contributed by atoms with Crippen LogP contribution in [0, 0.1) is 13.8 Å². The Labute approximate surface area is 141 Å². The maximum atomic E-state index is 12.1. The molecule has 2 aromatic carbocycles. The molecule has 0 unspecified atom stereocenters. The molecule has 0 radical (unpaired) electrons.